The molecule has 0 aliphatic rings. The zero-order valence-corrected chi connectivity index (χ0v) is 18.8. The number of pyridine rings is 1. The van der Waals surface area contributed by atoms with E-state index in [4.69, 9.17) is 15.2 Å². The zero-order chi connectivity index (χ0) is 25.2. The molecule has 9 nitrogen and oxygen atoms in total. The molecule has 2 aromatic carbocycles. The minimum absolute atomic E-state index is 0.0599. The maximum absolute atomic E-state index is 14.8. The molecule has 0 aliphatic carbocycles. The summed E-state index contributed by atoms with van der Waals surface area (Å²) in [6.07, 6.45) is 1.51. The fraction of sp³-hybridized carbons (Fsp3) is 0.0400. The van der Waals surface area contributed by atoms with Gasteiger partial charge in [0, 0.05) is 29.4 Å². The molecule has 180 valence electrons. The van der Waals surface area contributed by atoms with Crippen molar-refractivity contribution < 1.29 is 23.0 Å². The highest BCUT2D eigenvalue weighted by molar-refractivity contribution is 6.03. The van der Waals surface area contributed by atoms with Gasteiger partial charge in [-0.15, -0.1) is 0 Å². The summed E-state index contributed by atoms with van der Waals surface area (Å²) in [5, 5.41) is 6.69. The highest BCUT2D eigenvalue weighted by Gasteiger charge is 2.14. The van der Waals surface area contributed by atoms with Gasteiger partial charge in [0.15, 0.2) is 28.8 Å². The molecule has 3 N–H and O–H groups in total. The molecule has 0 saturated heterocycles. The molecular formula is C25H18F2N6O3. The van der Waals surface area contributed by atoms with Gasteiger partial charge in [-0.1, -0.05) is 6.07 Å². The maximum Gasteiger partial charge on any atom is 0.274 e. The molecule has 1 amide bonds. The molecule has 0 bridgehead atoms. The molecule has 3 aromatic heterocycles. The number of fused-ring (bicyclic) bond motifs is 1. The van der Waals surface area contributed by atoms with E-state index in [1.807, 2.05) is 0 Å². The summed E-state index contributed by atoms with van der Waals surface area (Å²) >= 11 is 0. The second-order valence-corrected chi connectivity index (χ2v) is 7.58. The lowest BCUT2D eigenvalue weighted by atomic mass is 10.1. The van der Waals surface area contributed by atoms with Crippen LogP contribution in [0.3, 0.4) is 0 Å². The van der Waals surface area contributed by atoms with Gasteiger partial charge in [-0.3, -0.25) is 4.79 Å². The lowest BCUT2D eigenvalue weighted by molar-refractivity contribution is 0.102. The summed E-state index contributed by atoms with van der Waals surface area (Å²) in [6.45, 7) is 0. The summed E-state index contributed by atoms with van der Waals surface area (Å²) in [5.74, 6) is -1.45. The molecule has 5 aromatic rings. The van der Waals surface area contributed by atoms with Crippen LogP contribution in [0, 0.1) is 11.6 Å². The summed E-state index contributed by atoms with van der Waals surface area (Å²) < 4.78 is 40.5. The van der Waals surface area contributed by atoms with Gasteiger partial charge >= 0.3 is 0 Å². The number of hydrogen-bond donors (Lipinski definition) is 2. The average Bonchev–Trinajstić information content (AvgIpc) is 3.34. The normalized spacial score (nSPS) is 10.9. The number of amides is 1. The summed E-state index contributed by atoms with van der Waals surface area (Å²) in [5.41, 5.74) is 7.52. The summed E-state index contributed by atoms with van der Waals surface area (Å²) in [6, 6.07) is 16.1. The third-order valence-corrected chi connectivity index (χ3v) is 5.18. The third kappa shape index (κ3) is 4.49. The molecule has 0 fully saturated rings. The van der Waals surface area contributed by atoms with E-state index in [0.717, 1.165) is 6.07 Å². The second kappa shape index (κ2) is 9.29. The highest BCUT2D eigenvalue weighted by atomic mass is 19.1. The third-order valence-electron chi connectivity index (χ3n) is 5.18. The molecule has 5 rings (SSSR count). The van der Waals surface area contributed by atoms with Gasteiger partial charge in [0.25, 0.3) is 5.91 Å². The number of nitrogens with zero attached hydrogens (tertiary/aromatic N) is 4. The Bertz CT molecular complexity index is 1600. The fourth-order valence-corrected chi connectivity index (χ4v) is 3.49. The molecule has 11 heteroatoms. The molecule has 3 heterocycles. The lowest BCUT2D eigenvalue weighted by Gasteiger charge is -2.11. The SMILES string of the molecule is COc1cc(-c2cccc(C(=O)Nc3ccc(Oc4cc(N)nc5ccnn45)c(F)c3)n2)ccc1F. The maximum atomic E-state index is 14.8. The quantitative estimate of drug-likeness (QED) is 0.356. The van der Waals surface area contributed by atoms with E-state index in [9.17, 15) is 13.6 Å². The zero-order valence-electron chi connectivity index (χ0n) is 18.8. The lowest BCUT2D eigenvalue weighted by Crippen LogP contribution is -2.14. The van der Waals surface area contributed by atoms with Crippen molar-refractivity contribution in [3.63, 3.8) is 0 Å². The average molecular weight is 488 g/mol. The fourth-order valence-electron chi connectivity index (χ4n) is 3.49. The summed E-state index contributed by atoms with van der Waals surface area (Å²) in [4.78, 5) is 21.2. The van der Waals surface area contributed by atoms with Crippen LogP contribution in [-0.2, 0) is 0 Å². The Morgan fingerprint density at radius 3 is 2.64 bits per heavy atom. The van der Waals surface area contributed by atoms with E-state index in [0.29, 0.717) is 16.9 Å². The monoisotopic (exact) mass is 488 g/mol. The van der Waals surface area contributed by atoms with Crippen molar-refractivity contribution >= 4 is 23.1 Å². The van der Waals surface area contributed by atoms with Crippen molar-refractivity contribution in [1.29, 1.82) is 0 Å². The Hall–Kier alpha value is -5.06. The standard InChI is InChI=1S/C25H18F2N6O3/c1-35-21-11-14(5-7-16(21)26)18-3-2-4-19(31-18)25(34)30-15-6-8-20(17(27)12-15)36-24-13-22(28)32-23-9-10-29-33(23)24/h2-13H,1H3,(H2,28,32)(H,30,34). The Labute approximate surface area is 203 Å². The van der Waals surface area contributed by atoms with E-state index < -0.39 is 17.5 Å². The van der Waals surface area contributed by atoms with Crippen LogP contribution < -0.4 is 20.5 Å². The first kappa shape index (κ1) is 22.7. The number of benzene rings is 2. The number of nitrogens with two attached hydrogens (primary N) is 1. The van der Waals surface area contributed by atoms with Crippen LogP contribution in [0.1, 0.15) is 10.5 Å². The van der Waals surface area contributed by atoms with Crippen LogP contribution >= 0.6 is 0 Å². The molecule has 0 atom stereocenters. The van der Waals surface area contributed by atoms with Gasteiger partial charge in [-0.05, 0) is 42.5 Å². The molecule has 0 saturated carbocycles. The van der Waals surface area contributed by atoms with E-state index in [1.165, 1.54) is 60.3 Å². The van der Waals surface area contributed by atoms with Crippen molar-refractivity contribution in [3.05, 3.63) is 90.3 Å². The first-order valence-corrected chi connectivity index (χ1v) is 10.6. The van der Waals surface area contributed by atoms with Crippen molar-refractivity contribution in [2.45, 2.75) is 0 Å². The van der Waals surface area contributed by atoms with Crippen LogP contribution in [0.2, 0.25) is 0 Å². The first-order chi connectivity index (χ1) is 17.4. The summed E-state index contributed by atoms with van der Waals surface area (Å²) in [7, 11) is 1.36. The predicted molar refractivity (Wildman–Crippen MR) is 128 cm³/mol. The van der Waals surface area contributed by atoms with Crippen LogP contribution in [0.5, 0.6) is 17.4 Å². The Balaban J connectivity index is 1.34. The number of nitrogen functional groups attached to an aromatic ring is 1. The number of carbonyl (C=O) groups is 1. The Morgan fingerprint density at radius 2 is 1.83 bits per heavy atom. The van der Waals surface area contributed by atoms with Gasteiger partial charge < -0.3 is 20.5 Å². The minimum atomic E-state index is -0.719. The number of hydrogen-bond acceptors (Lipinski definition) is 7. The topological polar surface area (TPSA) is 117 Å². The molecular weight excluding hydrogens is 470 g/mol. The van der Waals surface area contributed by atoms with Crippen LogP contribution in [0.25, 0.3) is 16.9 Å². The van der Waals surface area contributed by atoms with Crippen molar-refractivity contribution in [2.24, 2.45) is 0 Å². The predicted octanol–water partition coefficient (Wildman–Crippen LogP) is 4.70. The Morgan fingerprint density at radius 1 is 0.972 bits per heavy atom. The first-order valence-electron chi connectivity index (χ1n) is 10.6. The van der Waals surface area contributed by atoms with Gasteiger partial charge in [0.1, 0.15) is 11.5 Å². The molecule has 0 unspecified atom stereocenters. The minimum Gasteiger partial charge on any atom is -0.494 e. The number of aromatic nitrogens is 4. The molecule has 0 radical (unpaired) electrons. The smallest absolute Gasteiger partial charge is 0.274 e. The molecule has 0 aliphatic heterocycles. The van der Waals surface area contributed by atoms with Gasteiger partial charge in [-0.25, -0.2) is 18.7 Å². The van der Waals surface area contributed by atoms with E-state index in [1.54, 1.807) is 18.2 Å². The van der Waals surface area contributed by atoms with Gasteiger partial charge in [0.2, 0.25) is 5.88 Å². The van der Waals surface area contributed by atoms with Crippen molar-refractivity contribution in [2.75, 3.05) is 18.2 Å². The van der Waals surface area contributed by atoms with E-state index in [2.05, 4.69) is 20.4 Å². The number of carbonyl (C=O) groups excluding carboxylic acids is 1. The molecule has 0 spiro atoms. The van der Waals surface area contributed by atoms with Crippen LogP contribution in [-0.4, -0.2) is 32.6 Å². The van der Waals surface area contributed by atoms with E-state index >= 15 is 0 Å². The Kier molecular flexibility index (Phi) is 5.87. The van der Waals surface area contributed by atoms with Crippen molar-refractivity contribution in [1.82, 2.24) is 19.6 Å². The van der Waals surface area contributed by atoms with Gasteiger partial charge in [-0.2, -0.15) is 9.61 Å². The van der Waals surface area contributed by atoms with Gasteiger partial charge in [0.05, 0.1) is 19.0 Å². The highest BCUT2D eigenvalue weighted by Crippen LogP contribution is 2.29. The number of ether oxygens (including phenoxy) is 2. The van der Waals surface area contributed by atoms with Crippen LogP contribution in [0.4, 0.5) is 20.3 Å². The number of methoxy groups -OCH3 is 1. The molecule has 36 heavy (non-hydrogen) atoms. The number of nitrogens with one attached hydrogen (secondary N) is 1. The largest absolute Gasteiger partial charge is 0.494 e. The number of anilines is 2. The van der Waals surface area contributed by atoms with E-state index in [-0.39, 0.29) is 34.6 Å². The van der Waals surface area contributed by atoms with Crippen molar-refractivity contribution in [3.8, 4) is 28.6 Å². The number of rotatable bonds is 6. The second-order valence-electron chi connectivity index (χ2n) is 7.58. The number of halogens is 2. The van der Waals surface area contributed by atoms with Crippen LogP contribution in [0.15, 0.2) is 72.9 Å².